The van der Waals surface area contributed by atoms with Gasteiger partial charge in [-0.25, -0.2) is 9.59 Å². The van der Waals surface area contributed by atoms with Gasteiger partial charge in [-0.1, -0.05) is 47.5 Å². The molecule has 1 unspecified atom stereocenters. The molecule has 0 aromatic heterocycles. The minimum atomic E-state index is -1.01. The van der Waals surface area contributed by atoms with Crippen molar-refractivity contribution in [1.82, 2.24) is 4.90 Å². The van der Waals surface area contributed by atoms with Crippen LogP contribution in [0, 0.1) is 0 Å². The van der Waals surface area contributed by atoms with E-state index in [4.69, 9.17) is 46.9 Å². The Morgan fingerprint density at radius 1 is 0.902 bits per heavy atom. The molecule has 0 radical (unpaired) electrons. The molecule has 0 heterocycles. The fraction of sp³-hybridized carbons (Fsp3) is 0.333. The number of halogens is 2. The molecule has 0 saturated carbocycles. The second-order valence-electron chi connectivity index (χ2n) is 8.81. The summed E-state index contributed by atoms with van der Waals surface area (Å²) in [5.41, 5.74) is 1.62. The van der Waals surface area contributed by atoms with Gasteiger partial charge in [0.1, 0.15) is 12.4 Å². The molecule has 0 aliphatic heterocycles. The third-order valence-corrected chi connectivity index (χ3v) is 6.28. The van der Waals surface area contributed by atoms with Crippen LogP contribution in [0.25, 0.3) is 0 Å². The average molecular weight is 606 g/mol. The highest BCUT2D eigenvalue weighted by molar-refractivity contribution is 6.34. The third kappa shape index (κ3) is 10.8. The zero-order valence-electron chi connectivity index (χ0n) is 22.9. The van der Waals surface area contributed by atoms with Crippen LogP contribution in [0.4, 0.5) is 4.79 Å². The predicted molar refractivity (Wildman–Crippen MR) is 155 cm³/mol. The van der Waals surface area contributed by atoms with Gasteiger partial charge in [0.2, 0.25) is 0 Å². The molecule has 3 aromatic rings. The largest absolute Gasteiger partial charge is 0.493 e. The predicted octanol–water partition coefficient (Wildman–Crippen LogP) is 6.13. The first-order chi connectivity index (χ1) is 19.8. The topological polar surface area (TPSA) is 104 Å². The van der Waals surface area contributed by atoms with Crippen molar-refractivity contribution in [3.63, 3.8) is 0 Å². The zero-order chi connectivity index (χ0) is 29.6. The average Bonchev–Trinajstić information content (AvgIpc) is 2.94. The number of amides is 1. The van der Waals surface area contributed by atoms with Crippen molar-refractivity contribution >= 4 is 35.3 Å². The van der Waals surface area contributed by atoms with Crippen molar-refractivity contribution in [2.24, 2.45) is 0 Å². The number of hydrogen-bond acceptors (Lipinski definition) is 7. The van der Waals surface area contributed by atoms with E-state index < -0.39 is 18.2 Å². The summed E-state index contributed by atoms with van der Waals surface area (Å²) < 4.78 is 27.8. The molecule has 1 N–H and O–H groups in total. The molecule has 0 fully saturated rings. The van der Waals surface area contributed by atoms with Crippen LogP contribution in [0.1, 0.15) is 18.1 Å². The monoisotopic (exact) mass is 605 g/mol. The van der Waals surface area contributed by atoms with Crippen LogP contribution < -0.4 is 14.2 Å². The van der Waals surface area contributed by atoms with Crippen molar-refractivity contribution in [2.75, 3.05) is 40.0 Å². The smallest absolute Gasteiger partial charge is 0.415 e. The minimum Gasteiger partial charge on any atom is -0.493 e. The number of carbonyl (C=O) groups excluding carboxylic acids is 1. The number of methoxy groups -OCH3 is 1. The Bertz CT molecular complexity index is 1250. The maximum atomic E-state index is 13.1. The Labute approximate surface area is 249 Å². The van der Waals surface area contributed by atoms with Crippen molar-refractivity contribution < 1.29 is 38.4 Å². The lowest BCUT2D eigenvalue weighted by molar-refractivity contribution is -0.149. The van der Waals surface area contributed by atoms with Gasteiger partial charge in [0.25, 0.3) is 0 Å². The molecule has 41 heavy (non-hydrogen) atoms. The highest BCUT2D eigenvalue weighted by Gasteiger charge is 2.19. The highest BCUT2D eigenvalue weighted by atomic mass is 35.5. The van der Waals surface area contributed by atoms with E-state index in [0.29, 0.717) is 33.9 Å². The summed E-state index contributed by atoms with van der Waals surface area (Å²) in [7, 11) is 1.50. The van der Waals surface area contributed by atoms with Crippen LogP contribution in [0.5, 0.6) is 17.2 Å². The van der Waals surface area contributed by atoms with E-state index in [1.807, 2.05) is 0 Å². The Morgan fingerprint density at radius 2 is 1.56 bits per heavy atom. The van der Waals surface area contributed by atoms with Gasteiger partial charge in [-0.3, -0.25) is 0 Å². The molecule has 0 aliphatic carbocycles. The molecular weight excluding hydrogens is 573 g/mol. The molecule has 0 aliphatic rings. The van der Waals surface area contributed by atoms with Crippen LogP contribution >= 0.6 is 23.2 Å². The van der Waals surface area contributed by atoms with Gasteiger partial charge in [0, 0.05) is 29.6 Å². The lowest BCUT2D eigenvalue weighted by Gasteiger charge is -2.22. The van der Waals surface area contributed by atoms with E-state index in [0.717, 1.165) is 11.1 Å². The number of rotatable bonds is 16. The lowest BCUT2D eigenvalue weighted by Crippen LogP contribution is -2.39. The summed E-state index contributed by atoms with van der Waals surface area (Å²) in [4.78, 5) is 25.9. The quantitative estimate of drug-likeness (QED) is 0.194. The molecule has 1 atom stereocenters. The SMILES string of the molecule is CCOC(Cc1ccc(OCCN(CCOCc2cc(Cl)cc(Cl)c2)C(=O)Oc2ccccc2OC)cc1)C(=O)O. The summed E-state index contributed by atoms with van der Waals surface area (Å²) in [5, 5.41) is 10.3. The lowest BCUT2D eigenvalue weighted by atomic mass is 10.1. The molecule has 3 aromatic carbocycles. The van der Waals surface area contributed by atoms with Gasteiger partial charge in [-0.05, 0) is 60.5 Å². The zero-order valence-corrected chi connectivity index (χ0v) is 24.4. The summed E-state index contributed by atoms with van der Waals surface area (Å²) in [6, 6.07) is 19.1. The molecule has 1 amide bonds. The number of aliphatic carboxylic acids is 1. The fourth-order valence-corrected chi connectivity index (χ4v) is 4.41. The number of carboxylic acids is 1. The fourth-order valence-electron chi connectivity index (χ4n) is 3.84. The van der Waals surface area contributed by atoms with E-state index in [-0.39, 0.29) is 39.3 Å². The number of ether oxygens (including phenoxy) is 5. The van der Waals surface area contributed by atoms with Gasteiger partial charge in [0.15, 0.2) is 17.6 Å². The van der Waals surface area contributed by atoms with Crippen molar-refractivity contribution in [2.45, 2.75) is 26.1 Å². The number of carboxylic acid groups (broad SMARTS) is 1. The molecule has 3 rings (SSSR count). The Balaban J connectivity index is 1.58. The third-order valence-electron chi connectivity index (χ3n) is 5.84. The standard InChI is InChI=1S/C30H33Cl2NO8/c1-3-39-28(29(34)35)18-21-8-10-25(11-9-21)40-15-13-33(30(36)41-27-7-5-4-6-26(27)37-2)12-14-38-20-22-16-23(31)19-24(32)17-22/h4-11,16-17,19,28H,3,12-15,18,20H2,1-2H3,(H,34,35). The second kappa shape index (κ2) is 16.7. The molecule has 0 saturated heterocycles. The molecule has 0 bridgehead atoms. The number of benzene rings is 3. The Kier molecular flexibility index (Phi) is 13.0. The van der Waals surface area contributed by atoms with Crippen molar-refractivity contribution in [3.05, 3.63) is 87.9 Å². The summed E-state index contributed by atoms with van der Waals surface area (Å²) in [6.45, 7) is 3.19. The van der Waals surface area contributed by atoms with Crippen LogP contribution in [-0.2, 0) is 27.3 Å². The molecule has 11 heteroatoms. The number of hydrogen-bond donors (Lipinski definition) is 1. The maximum absolute atomic E-state index is 13.1. The van der Waals surface area contributed by atoms with E-state index in [1.54, 1.807) is 73.7 Å². The molecule has 0 spiro atoms. The number of carbonyl (C=O) groups is 2. The van der Waals surface area contributed by atoms with Gasteiger partial charge < -0.3 is 33.7 Å². The summed E-state index contributed by atoms with van der Waals surface area (Å²) >= 11 is 12.1. The van der Waals surface area contributed by atoms with Gasteiger partial charge in [0.05, 0.1) is 26.9 Å². The van der Waals surface area contributed by atoms with E-state index >= 15 is 0 Å². The first kappa shape index (κ1) is 32.0. The van der Waals surface area contributed by atoms with Gasteiger partial charge >= 0.3 is 12.1 Å². The molecule has 9 nitrogen and oxygen atoms in total. The first-order valence-corrected chi connectivity index (χ1v) is 13.7. The van der Waals surface area contributed by atoms with Crippen LogP contribution in [0.15, 0.2) is 66.7 Å². The maximum Gasteiger partial charge on any atom is 0.415 e. The Morgan fingerprint density at radius 3 is 2.20 bits per heavy atom. The second-order valence-corrected chi connectivity index (χ2v) is 9.69. The Hall–Kier alpha value is -3.50. The van der Waals surface area contributed by atoms with E-state index in [1.165, 1.54) is 12.0 Å². The van der Waals surface area contributed by atoms with E-state index in [9.17, 15) is 14.7 Å². The van der Waals surface area contributed by atoms with E-state index in [2.05, 4.69) is 0 Å². The highest BCUT2D eigenvalue weighted by Crippen LogP contribution is 2.26. The van der Waals surface area contributed by atoms with Gasteiger partial charge in [-0.15, -0.1) is 0 Å². The van der Waals surface area contributed by atoms with Crippen molar-refractivity contribution in [1.29, 1.82) is 0 Å². The molecule has 220 valence electrons. The first-order valence-electron chi connectivity index (χ1n) is 13.0. The normalized spacial score (nSPS) is 11.5. The minimum absolute atomic E-state index is 0.182. The summed E-state index contributed by atoms with van der Waals surface area (Å²) in [5.74, 6) is 0.292. The van der Waals surface area contributed by atoms with Gasteiger partial charge in [-0.2, -0.15) is 0 Å². The number of nitrogens with zero attached hydrogens (tertiary/aromatic N) is 1. The van der Waals surface area contributed by atoms with Crippen LogP contribution in [0.3, 0.4) is 0 Å². The van der Waals surface area contributed by atoms with Crippen LogP contribution in [0.2, 0.25) is 10.0 Å². The molecular formula is C30H33Cl2NO8. The summed E-state index contributed by atoms with van der Waals surface area (Å²) in [6.07, 6.45) is -1.25. The van der Waals surface area contributed by atoms with Crippen molar-refractivity contribution in [3.8, 4) is 17.2 Å². The number of para-hydroxylation sites is 2. The van der Waals surface area contributed by atoms with Crippen LogP contribution in [-0.4, -0.2) is 68.2 Å².